The van der Waals surface area contributed by atoms with Crippen molar-refractivity contribution in [1.82, 2.24) is 10.2 Å². The molecule has 0 aliphatic rings. The van der Waals surface area contributed by atoms with E-state index in [0.717, 1.165) is 0 Å². The molecule has 2 aromatic rings. The largest absolute Gasteiger partial charge is 0.319 e. The van der Waals surface area contributed by atoms with Crippen LogP contribution in [0, 0.1) is 5.82 Å². The highest BCUT2D eigenvalue weighted by atomic mass is 19.1. The first-order valence-electron chi connectivity index (χ1n) is 4.31. The van der Waals surface area contributed by atoms with E-state index in [0.29, 0.717) is 5.69 Å². The van der Waals surface area contributed by atoms with Crippen LogP contribution in [0.2, 0.25) is 0 Å². The number of benzene rings is 1. The number of hydrogen-bond acceptors (Lipinski definition) is 2. The Labute approximate surface area is 85.1 Å². The third-order valence-corrected chi connectivity index (χ3v) is 1.84. The lowest BCUT2D eigenvalue weighted by Crippen LogP contribution is -2.11. The van der Waals surface area contributed by atoms with Gasteiger partial charge in [-0.3, -0.25) is 9.89 Å². The molecule has 0 saturated heterocycles. The lowest BCUT2D eigenvalue weighted by Gasteiger charge is -2.01. The molecule has 0 saturated carbocycles. The van der Waals surface area contributed by atoms with Crippen molar-refractivity contribution in [3.05, 3.63) is 48.0 Å². The summed E-state index contributed by atoms with van der Waals surface area (Å²) in [5.41, 5.74) is 0.820. The summed E-state index contributed by atoms with van der Waals surface area (Å²) in [6.07, 6.45) is 3.01. The molecule has 0 radical (unpaired) electrons. The minimum atomic E-state index is -0.435. The number of nitrogens with zero attached hydrogens (tertiary/aromatic N) is 1. The minimum Gasteiger partial charge on any atom is -0.319 e. The van der Waals surface area contributed by atoms with Gasteiger partial charge < -0.3 is 5.32 Å². The van der Waals surface area contributed by atoms with E-state index >= 15 is 0 Å². The lowest BCUT2D eigenvalue weighted by atomic mass is 10.2. The molecule has 1 aromatic carbocycles. The van der Waals surface area contributed by atoms with E-state index in [1.807, 2.05) is 0 Å². The van der Waals surface area contributed by atoms with Gasteiger partial charge in [-0.15, -0.1) is 0 Å². The Balaban J connectivity index is 2.15. The van der Waals surface area contributed by atoms with E-state index in [2.05, 4.69) is 15.5 Å². The number of hydrogen-bond donors (Lipinski definition) is 2. The highest BCUT2D eigenvalue weighted by molar-refractivity contribution is 6.04. The quantitative estimate of drug-likeness (QED) is 0.785. The van der Waals surface area contributed by atoms with Gasteiger partial charge in [-0.2, -0.15) is 5.10 Å². The fourth-order valence-electron chi connectivity index (χ4n) is 1.15. The molecule has 2 N–H and O–H groups in total. The van der Waals surface area contributed by atoms with Crippen LogP contribution in [0.25, 0.3) is 0 Å². The fraction of sp³-hybridized carbons (Fsp3) is 0. The van der Waals surface area contributed by atoms with Crippen molar-refractivity contribution in [2.75, 3.05) is 5.32 Å². The highest BCUT2D eigenvalue weighted by Gasteiger charge is 2.06. The summed E-state index contributed by atoms with van der Waals surface area (Å²) in [6.45, 7) is 0. The van der Waals surface area contributed by atoms with E-state index in [4.69, 9.17) is 0 Å². The molecule has 4 nitrogen and oxygen atoms in total. The number of nitrogens with one attached hydrogen (secondary N) is 2. The highest BCUT2D eigenvalue weighted by Crippen LogP contribution is 2.07. The number of halogens is 1. The summed E-state index contributed by atoms with van der Waals surface area (Å²) in [5, 5.41) is 8.80. The van der Waals surface area contributed by atoms with E-state index in [9.17, 15) is 9.18 Å². The van der Waals surface area contributed by atoms with Gasteiger partial charge in [0.2, 0.25) is 0 Å². The Morgan fingerprint density at radius 1 is 1.47 bits per heavy atom. The Hall–Kier alpha value is -2.17. The Morgan fingerprint density at radius 2 is 2.33 bits per heavy atom. The van der Waals surface area contributed by atoms with Crippen molar-refractivity contribution in [3.63, 3.8) is 0 Å². The van der Waals surface area contributed by atoms with E-state index < -0.39 is 5.82 Å². The molecule has 15 heavy (non-hydrogen) atoms. The molecule has 1 heterocycles. The molecule has 0 spiro atoms. The molecule has 0 fully saturated rings. The molecule has 2 rings (SSSR count). The zero-order chi connectivity index (χ0) is 10.7. The van der Waals surface area contributed by atoms with Crippen molar-refractivity contribution in [1.29, 1.82) is 0 Å². The number of aromatic nitrogens is 2. The molecular formula is C10H8FN3O. The minimum absolute atomic E-state index is 0.274. The lowest BCUT2D eigenvalue weighted by molar-refractivity contribution is 0.102. The molecule has 1 amide bonds. The molecule has 0 atom stereocenters. The van der Waals surface area contributed by atoms with Crippen molar-refractivity contribution < 1.29 is 9.18 Å². The number of aromatic amines is 1. The third kappa shape index (κ3) is 2.19. The maximum Gasteiger partial charge on any atom is 0.255 e. The molecular weight excluding hydrogens is 197 g/mol. The van der Waals surface area contributed by atoms with Gasteiger partial charge in [0.1, 0.15) is 5.82 Å². The maximum absolute atomic E-state index is 12.8. The maximum atomic E-state index is 12.8. The first-order valence-corrected chi connectivity index (χ1v) is 4.31. The zero-order valence-corrected chi connectivity index (χ0v) is 7.70. The van der Waals surface area contributed by atoms with Gasteiger partial charge in [0, 0.05) is 11.8 Å². The molecule has 0 aliphatic carbocycles. The molecule has 5 heteroatoms. The molecule has 0 aliphatic heterocycles. The number of carbonyl (C=O) groups excluding carboxylic acids is 1. The summed E-state index contributed by atoms with van der Waals surface area (Å²) in [4.78, 5) is 11.5. The predicted octanol–water partition coefficient (Wildman–Crippen LogP) is 1.80. The average Bonchev–Trinajstić information content (AvgIpc) is 2.70. The van der Waals surface area contributed by atoms with Gasteiger partial charge in [0.25, 0.3) is 5.91 Å². The summed E-state index contributed by atoms with van der Waals surface area (Å²) >= 11 is 0. The van der Waals surface area contributed by atoms with Crippen LogP contribution in [0.4, 0.5) is 10.1 Å². The van der Waals surface area contributed by atoms with Crippen LogP contribution < -0.4 is 5.32 Å². The molecule has 0 unspecified atom stereocenters. The third-order valence-electron chi connectivity index (χ3n) is 1.84. The normalized spacial score (nSPS) is 9.93. The van der Waals surface area contributed by atoms with Gasteiger partial charge >= 0.3 is 0 Å². The number of amides is 1. The Morgan fingerprint density at radius 3 is 3.00 bits per heavy atom. The number of rotatable bonds is 2. The first kappa shape index (κ1) is 9.39. The summed E-state index contributed by atoms with van der Waals surface area (Å²) in [6, 6.07) is 5.49. The van der Waals surface area contributed by atoms with Crippen molar-refractivity contribution in [2.45, 2.75) is 0 Å². The zero-order valence-electron chi connectivity index (χ0n) is 7.70. The Bertz CT molecular complexity index is 467. The molecule has 1 aromatic heterocycles. The molecule has 76 valence electrons. The van der Waals surface area contributed by atoms with Crippen molar-refractivity contribution in [2.24, 2.45) is 0 Å². The topological polar surface area (TPSA) is 57.8 Å². The van der Waals surface area contributed by atoms with E-state index in [1.165, 1.54) is 30.6 Å². The van der Waals surface area contributed by atoms with Crippen LogP contribution in [0.5, 0.6) is 0 Å². The van der Waals surface area contributed by atoms with Gasteiger partial charge in [-0.05, 0) is 18.2 Å². The second-order valence-corrected chi connectivity index (χ2v) is 2.95. The van der Waals surface area contributed by atoms with Crippen LogP contribution in [-0.4, -0.2) is 16.1 Å². The van der Waals surface area contributed by atoms with Crippen LogP contribution in [0.15, 0.2) is 36.7 Å². The summed E-state index contributed by atoms with van der Waals surface area (Å²) in [5.74, 6) is -0.800. The van der Waals surface area contributed by atoms with Crippen LogP contribution in [0.1, 0.15) is 10.4 Å². The van der Waals surface area contributed by atoms with Crippen LogP contribution in [0.3, 0.4) is 0 Å². The van der Waals surface area contributed by atoms with Crippen molar-refractivity contribution in [3.8, 4) is 0 Å². The standard InChI is InChI=1S/C10H8FN3O/c11-8-3-1-2-7(4-8)10(15)14-9-5-12-13-6-9/h1-6H,(H,12,13)(H,14,15). The molecule has 0 bridgehead atoms. The second kappa shape index (κ2) is 3.91. The van der Waals surface area contributed by atoms with E-state index in [1.54, 1.807) is 6.07 Å². The van der Waals surface area contributed by atoms with Gasteiger partial charge in [-0.25, -0.2) is 4.39 Å². The van der Waals surface area contributed by atoms with E-state index in [-0.39, 0.29) is 11.5 Å². The summed E-state index contributed by atoms with van der Waals surface area (Å²) < 4.78 is 12.8. The van der Waals surface area contributed by atoms with Crippen LogP contribution in [-0.2, 0) is 0 Å². The summed E-state index contributed by atoms with van der Waals surface area (Å²) in [7, 11) is 0. The van der Waals surface area contributed by atoms with Gasteiger partial charge in [0.05, 0.1) is 11.9 Å². The monoisotopic (exact) mass is 205 g/mol. The first-order chi connectivity index (χ1) is 7.25. The van der Waals surface area contributed by atoms with Crippen molar-refractivity contribution >= 4 is 11.6 Å². The van der Waals surface area contributed by atoms with Gasteiger partial charge in [0.15, 0.2) is 0 Å². The average molecular weight is 205 g/mol. The second-order valence-electron chi connectivity index (χ2n) is 2.95. The number of anilines is 1. The Kier molecular flexibility index (Phi) is 2.45. The smallest absolute Gasteiger partial charge is 0.255 e. The number of H-pyrrole nitrogens is 1. The SMILES string of the molecule is O=C(Nc1cn[nH]c1)c1cccc(F)c1. The fourth-order valence-corrected chi connectivity index (χ4v) is 1.15. The van der Waals surface area contributed by atoms with Crippen LogP contribution >= 0.6 is 0 Å². The number of carbonyl (C=O) groups is 1. The predicted molar refractivity (Wildman–Crippen MR) is 52.9 cm³/mol. The van der Waals surface area contributed by atoms with Gasteiger partial charge in [-0.1, -0.05) is 6.07 Å².